The molecule has 456 valence electrons. The maximum atomic E-state index is 13.8. The number of thiazole rings is 3. The Hall–Kier alpha value is -6.75. The molecular formula is C66H56Cl4F3N9O3S4. The summed E-state index contributed by atoms with van der Waals surface area (Å²) in [5.41, 5.74) is 15.7. The largest absolute Gasteiger partial charge is 0.378 e. The number of nitrogens with one attached hydrogen (secondary N) is 2. The van der Waals surface area contributed by atoms with E-state index < -0.39 is 15.8 Å². The van der Waals surface area contributed by atoms with Gasteiger partial charge in [0.2, 0.25) is 0 Å². The third kappa shape index (κ3) is 12.5. The van der Waals surface area contributed by atoms with Crippen molar-refractivity contribution in [2.75, 3.05) is 67.2 Å². The van der Waals surface area contributed by atoms with Crippen molar-refractivity contribution in [2.45, 2.75) is 50.6 Å². The molecule has 0 bridgehead atoms. The van der Waals surface area contributed by atoms with Crippen LogP contribution in [0.3, 0.4) is 0 Å². The fourth-order valence-electron chi connectivity index (χ4n) is 12.3. The van der Waals surface area contributed by atoms with Crippen molar-refractivity contribution in [1.82, 2.24) is 29.2 Å². The lowest BCUT2D eigenvalue weighted by atomic mass is 10.0. The number of aromatic nitrogens is 5. The Balaban J connectivity index is 0.000000113. The Bertz CT molecular complexity index is 4830. The van der Waals surface area contributed by atoms with Crippen LogP contribution in [0.5, 0.6) is 0 Å². The number of hydrogen-bond acceptors (Lipinski definition) is 13. The highest BCUT2D eigenvalue weighted by Gasteiger charge is 2.31. The second kappa shape index (κ2) is 25.5. The van der Waals surface area contributed by atoms with Crippen molar-refractivity contribution in [1.29, 1.82) is 0 Å². The smallest absolute Gasteiger partial charge is 0.268 e. The first-order chi connectivity index (χ1) is 42.6. The third-order valence-electron chi connectivity index (χ3n) is 16.6. The standard InChI is InChI=1S/C22H21FN4OS.C19H14ClFN2S.C18H17FN2O2S.C7H3Cl2NS.ClH/c23-14-1-3-16-17-13-27(6-5-18(17)24-19(16)11-14)22-25-20-12-15(2-4-21(20)29-22)26-7-9-28-10-8-26;20-13-1-4-18-17(9-13)22-19(24-18)23-6-5-11-7-12-8-14(21)2-3-15(12)16(11)10-23;1-12-2-5-14(6-3-12)24(22,23)21-17-8-9-20-11-16(17)15-7-4-13(19)10-18(15)21;8-4-1-2-6-5(3-4)10-7(9)11-6;/h1-4,11-12,24H,5-10,13H2;1-4,8-9H,5-7,10H2;2-7,10,20H,8-9,11H2,1H3;1-3H;1H. The summed E-state index contributed by atoms with van der Waals surface area (Å²) in [6.45, 7) is 10.2. The summed E-state index contributed by atoms with van der Waals surface area (Å²) in [4.78, 5) is 24.4. The van der Waals surface area contributed by atoms with Crippen LogP contribution in [0.15, 0.2) is 144 Å². The minimum atomic E-state index is -3.78. The Morgan fingerprint density at radius 1 is 0.607 bits per heavy atom. The van der Waals surface area contributed by atoms with E-state index in [0.717, 1.165) is 152 Å². The Morgan fingerprint density at radius 3 is 1.98 bits per heavy atom. The highest BCUT2D eigenvalue weighted by Crippen LogP contribution is 2.42. The van der Waals surface area contributed by atoms with Gasteiger partial charge in [-0.15, -0.1) is 23.7 Å². The maximum absolute atomic E-state index is 13.8. The number of H-pyrrole nitrogens is 1. The van der Waals surface area contributed by atoms with E-state index in [2.05, 4.69) is 48.2 Å². The van der Waals surface area contributed by atoms with Crippen LogP contribution in [0.2, 0.25) is 14.5 Å². The molecule has 0 radical (unpaired) electrons. The average molecular weight is 1350 g/mol. The van der Waals surface area contributed by atoms with E-state index in [1.807, 2.05) is 49.4 Å². The van der Waals surface area contributed by atoms with Crippen molar-refractivity contribution in [3.63, 3.8) is 0 Å². The molecule has 0 amide bonds. The molecule has 1 fully saturated rings. The highest BCUT2D eigenvalue weighted by atomic mass is 35.5. The van der Waals surface area contributed by atoms with Gasteiger partial charge in [-0.25, -0.2) is 40.5 Å². The number of nitrogens with zero attached hydrogens (tertiary/aromatic N) is 7. The summed E-state index contributed by atoms with van der Waals surface area (Å²) in [5, 5.41) is 8.66. The molecule has 1 aliphatic carbocycles. The number of benzene rings is 7. The van der Waals surface area contributed by atoms with Crippen LogP contribution in [0.25, 0.3) is 58.0 Å². The maximum Gasteiger partial charge on any atom is 0.268 e. The van der Waals surface area contributed by atoms with Gasteiger partial charge in [-0.2, -0.15) is 0 Å². The molecule has 2 N–H and O–H groups in total. The Labute approximate surface area is 544 Å². The van der Waals surface area contributed by atoms with Crippen molar-refractivity contribution < 1.29 is 26.3 Å². The lowest BCUT2D eigenvalue weighted by Gasteiger charge is -2.28. The zero-order chi connectivity index (χ0) is 60.4. The predicted molar refractivity (Wildman–Crippen MR) is 362 cm³/mol. The fraction of sp³-hybridized carbons (Fsp3) is 0.227. The van der Waals surface area contributed by atoms with Crippen LogP contribution < -0.4 is 20.0 Å². The van der Waals surface area contributed by atoms with E-state index >= 15 is 0 Å². The molecule has 4 aliphatic heterocycles. The van der Waals surface area contributed by atoms with Gasteiger partial charge < -0.3 is 29.7 Å². The van der Waals surface area contributed by atoms with E-state index in [1.54, 1.807) is 83.3 Å². The summed E-state index contributed by atoms with van der Waals surface area (Å²) >= 11 is 22.4. The van der Waals surface area contributed by atoms with Crippen LogP contribution in [-0.4, -0.2) is 84.8 Å². The molecule has 17 rings (SSSR count). The van der Waals surface area contributed by atoms with Gasteiger partial charge >= 0.3 is 0 Å². The highest BCUT2D eigenvalue weighted by molar-refractivity contribution is 7.90. The number of halogens is 7. The monoisotopic (exact) mass is 1350 g/mol. The molecule has 0 spiro atoms. The SMILES string of the molecule is Cc1ccc(S(=O)(=O)n2c3c(c4ccc(F)cc42)CNCC3)cc1.Cl.Clc1ccc2sc(Cl)nc2c1.Fc1ccc2c(c1)CC1=C2CN(c2nc3cc(Cl)ccc3s2)CC1.Fc1ccc2c3c([nH]c2c1)CCN(c1nc2cc(N4CCOCC4)ccc2s1)C3. The summed E-state index contributed by atoms with van der Waals surface area (Å²) in [7, 11) is -3.78. The first kappa shape index (κ1) is 61.1. The van der Waals surface area contributed by atoms with Crippen molar-refractivity contribution in [3.05, 3.63) is 210 Å². The molecule has 12 aromatic rings. The quantitative estimate of drug-likeness (QED) is 0.172. The van der Waals surface area contributed by atoms with E-state index in [-0.39, 0.29) is 28.9 Å². The number of rotatable bonds is 5. The van der Waals surface area contributed by atoms with Gasteiger partial charge in [-0.05, 0) is 157 Å². The molecule has 0 saturated carbocycles. The van der Waals surface area contributed by atoms with E-state index in [4.69, 9.17) is 49.5 Å². The molecule has 89 heavy (non-hydrogen) atoms. The second-order valence-electron chi connectivity index (χ2n) is 22.2. The lowest BCUT2D eigenvalue weighted by molar-refractivity contribution is 0.122. The molecule has 1 saturated heterocycles. The number of fused-ring (bicyclic) bond motifs is 11. The van der Waals surface area contributed by atoms with Crippen molar-refractivity contribution >= 4 is 165 Å². The van der Waals surface area contributed by atoms with Crippen LogP contribution in [0.4, 0.5) is 29.1 Å². The lowest BCUT2D eigenvalue weighted by Crippen LogP contribution is -2.36. The van der Waals surface area contributed by atoms with Crippen molar-refractivity contribution in [2.24, 2.45) is 0 Å². The zero-order valence-electron chi connectivity index (χ0n) is 47.8. The number of aromatic amines is 1. The molecule has 0 unspecified atom stereocenters. The summed E-state index contributed by atoms with van der Waals surface area (Å²) in [5.74, 6) is -0.783. The van der Waals surface area contributed by atoms with Gasteiger partial charge in [0.25, 0.3) is 10.0 Å². The fourth-order valence-corrected chi connectivity index (χ4v) is 17.2. The van der Waals surface area contributed by atoms with E-state index in [9.17, 15) is 21.6 Å². The molecular weight excluding hydrogens is 1290 g/mol. The van der Waals surface area contributed by atoms with Crippen LogP contribution in [0, 0.1) is 24.4 Å². The summed E-state index contributed by atoms with van der Waals surface area (Å²) in [6, 6.07) is 39.3. The Kier molecular flexibility index (Phi) is 17.5. The Morgan fingerprint density at radius 2 is 1.24 bits per heavy atom. The van der Waals surface area contributed by atoms with Crippen LogP contribution >= 0.6 is 81.2 Å². The molecule has 9 heterocycles. The minimum absolute atomic E-state index is 0. The van der Waals surface area contributed by atoms with Gasteiger partial charge in [0.1, 0.15) is 17.5 Å². The average Bonchev–Trinajstić information content (AvgIpc) is 1.63. The van der Waals surface area contributed by atoms with Gasteiger partial charge in [0.15, 0.2) is 14.7 Å². The third-order valence-corrected chi connectivity index (χ3v) is 22.2. The molecule has 0 atom stereocenters. The topological polar surface area (TPSA) is 125 Å². The van der Waals surface area contributed by atoms with Gasteiger partial charge in [-0.3, -0.25) is 0 Å². The zero-order valence-corrected chi connectivity index (χ0v) is 54.1. The van der Waals surface area contributed by atoms with Gasteiger partial charge in [0, 0.05) is 114 Å². The van der Waals surface area contributed by atoms with Crippen LogP contribution in [-0.2, 0) is 47.1 Å². The molecule has 23 heteroatoms. The van der Waals surface area contributed by atoms with Gasteiger partial charge in [0.05, 0.1) is 54.3 Å². The molecule has 7 aromatic carbocycles. The number of hydrogen-bond donors (Lipinski definition) is 2. The van der Waals surface area contributed by atoms with Crippen LogP contribution in [0.1, 0.15) is 45.6 Å². The van der Waals surface area contributed by atoms with Gasteiger partial charge in [-0.1, -0.05) is 86.8 Å². The molecule has 5 aliphatic rings. The molecule has 5 aromatic heterocycles. The number of morpholine rings is 1. The van der Waals surface area contributed by atoms with Crippen molar-refractivity contribution in [3.8, 4) is 0 Å². The summed E-state index contributed by atoms with van der Waals surface area (Å²) in [6.07, 6.45) is 3.42. The first-order valence-corrected chi connectivity index (χ1v) is 33.8. The number of anilines is 3. The normalized spacial score (nSPS) is 15.4. The number of ether oxygens (including phenoxy) is 1. The predicted octanol–water partition coefficient (Wildman–Crippen LogP) is 16.6. The van der Waals surface area contributed by atoms with E-state index in [1.165, 1.54) is 65.8 Å². The second-order valence-corrected chi connectivity index (χ2v) is 28.5. The van der Waals surface area contributed by atoms with E-state index in [0.29, 0.717) is 34.5 Å². The number of aryl methyl sites for hydroxylation is 1. The first-order valence-electron chi connectivity index (χ1n) is 28.8. The minimum Gasteiger partial charge on any atom is -0.378 e. The molecule has 12 nitrogen and oxygen atoms in total. The summed E-state index contributed by atoms with van der Waals surface area (Å²) < 4.78 is 78.1.